The second-order valence-electron chi connectivity index (χ2n) is 5.18. The van der Waals surface area contributed by atoms with Crippen LogP contribution in [0.2, 0.25) is 0 Å². The first-order valence-electron chi connectivity index (χ1n) is 7.45. The van der Waals surface area contributed by atoms with Crippen LogP contribution in [0.1, 0.15) is 5.56 Å². The highest BCUT2D eigenvalue weighted by Gasteiger charge is 2.17. The minimum Gasteiger partial charge on any atom is -0.493 e. The molecule has 0 bridgehead atoms. The number of hydrogen-bond donors (Lipinski definition) is 1. The highest BCUT2D eigenvalue weighted by Crippen LogP contribution is 2.40. The van der Waals surface area contributed by atoms with Gasteiger partial charge in [-0.3, -0.25) is 0 Å². The van der Waals surface area contributed by atoms with E-state index in [4.69, 9.17) is 14.2 Å². The van der Waals surface area contributed by atoms with Crippen LogP contribution in [-0.4, -0.2) is 41.1 Å². The zero-order chi connectivity index (χ0) is 18.0. The number of ether oxygens (including phenoxy) is 3. The van der Waals surface area contributed by atoms with Crippen LogP contribution >= 0.6 is 15.9 Å². The molecule has 0 atom stereocenters. The molecule has 9 heteroatoms. The molecule has 8 nitrogen and oxygen atoms in total. The molecule has 0 unspecified atom stereocenters. The lowest BCUT2D eigenvalue weighted by atomic mass is 10.1. The second kappa shape index (κ2) is 7.14. The number of halogens is 1. The molecular weight excluding hydrogens is 390 g/mol. The van der Waals surface area contributed by atoms with Crippen LogP contribution < -0.4 is 19.5 Å². The van der Waals surface area contributed by atoms with Gasteiger partial charge in [0.15, 0.2) is 17.1 Å². The molecule has 1 N–H and O–H groups in total. The Balaban J connectivity index is 1.95. The predicted molar refractivity (Wildman–Crippen MR) is 97.4 cm³/mol. The summed E-state index contributed by atoms with van der Waals surface area (Å²) in [5, 5.41) is 8.45. The summed E-state index contributed by atoms with van der Waals surface area (Å²) < 4.78 is 18.6. The molecule has 2 heterocycles. The molecule has 3 aromatic rings. The van der Waals surface area contributed by atoms with E-state index in [-0.39, 0.29) is 0 Å². The van der Waals surface area contributed by atoms with E-state index < -0.39 is 0 Å². The van der Waals surface area contributed by atoms with Gasteiger partial charge >= 0.3 is 0 Å². The van der Waals surface area contributed by atoms with E-state index in [0.29, 0.717) is 34.2 Å². The molecule has 0 saturated heterocycles. The minimum absolute atomic E-state index is 0.483. The number of rotatable bonds is 6. The van der Waals surface area contributed by atoms with E-state index in [1.807, 2.05) is 19.2 Å². The highest BCUT2D eigenvalue weighted by molar-refractivity contribution is 9.10. The average Bonchev–Trinajstić information content (AvgIpc) is 2.93. The molecule has 0 radical (unpaired) electrons. The molecule has 132 valence electrons. The van der Waals surface area contributed by atoms with Gasteiger partial charge in [-0.2, -0.15) is 5.10 Å². The van der Waals surface area contributed by atoms with Gasteiger partial charge in [0, 0.05) is 19.2 Å². The number of anilines is 1. The zero-order valence-corrected chi connectivity index (χ0v) is 15.9. The van der Waals surface area contributed by atoms with Gasteiger partial charge in [-0.1, -0.05) is 0 Å². The molecule has 0 aliphatic heterocycles. The summed E-state index contributed by atoms with van der Waals surface area (Å²) in [5.41, 5.74) is 1.65. The summed E-state index contributed by atoms with van der Waals surface area (Å²) in [6.07, 6.45) is 1.50. The van der Waals surface area contributed by atoms with Gasteiger partial charge in [0.05, 0.1) is 26.7 Å². The molecule has 1 aromatic carbocycles. The van der Waals surface area contributed by atoms with Crippen LogP contribution in [0.3, 0.4) is 0 Å². The van der Waals surface area contributed by atoms with E-state index >= 15 is 0 Å². The molecule has 0 aliphatic rings. The molecule has 0 fully saturated rings. The van der Waals surface area contributed by atoms with Crippen molar-refractivity contribution >= 4 is 32.8 Å². The van der Waals surface area contributed by atoms with Crippen molar-refractivity contribution in [2.24, 2.45) is 7.05 Å². The largest absolute Gasteiger partial charge is 0.493 e. The smallest absolute Gasteiger partial charge is 0.203 e. The third-order valence-electron chi connectivity index (χ3n) is 3.81. The maximum absolute atomic E-state index is 5.51. The van der Waals surface area contributed by atoms with Crippen molar-refractivity contribution in [3.63, 3.8) is 0 Å². The van der Waals surface area contributed by atoms with Gasteiger partial charge in [-0.15, -0.1) is 0 Å². The third kappa shape index (κ3) is 3.07. The Morgan fingerprint density at radius 2 is 1.84 bits per heavy atom. The first-order chi connectivity index (χ1) is 12.1. The Labute approximate surface area is 153 Å². The fourth-order valence-corrected chi connectivity index (χ4v) is 3.26. The lowest BCUT2D eigenvalue weighted by Crippen LogP contribution is -2.06. The fraction of sp³-hybridized carbons (Fsp3) is 0.312. The van der Waals surface area contributed by atoms with Crippen LogP contribution in [0.4, 0.5) is 5.82 Å². The molecule has 0 amide bonds. The lowest BCUT2D eigenvalue weighted by molar-refractivity contribution is 0.322. The van der Waals surface area contributed by atoms with E-state index in [9.17, 15) is 0 Å². The van der Waals surface area contributed by atoms with Gasteiger partial charge in [-0.25, -0.2) is 14.6 Å². The van der Waals surface area contributed by atoms with Crippen molar-refractivity contribution in [1.29, 1.82) is 0 Å². The van der Waals surface area contributed by atoms with Crippen molar-refractivity contribution in [3.8, 4) is 17.2 Å². The van der Waals surface area contributed by atoms with E-state index in [0.717, 1.165) is 16.6 Å². The van der Waals surface area contributed by atoms with E-state index in [1.165, 1.54) is 6.33 Å². The van der Waals surface area contributed by atoms with E-state index in [1.54, 1.807) is 26.0 Å². The summed E-state index contributed by atoms with van der Waals surface area (Å²) in [6, 6.07) is 3.76. The van der Waals surface area contributed by atoms with Gasteiger partial charge in [0.1, 0.15) is 16.7 Å². The summed E-state index contributed by atoms with van der Waals surface area (Å²) in [4.78, 5) is 8.58. The summed E-state index contributed by atoms with van der Waals surface area (Å²) in [5.74, 6) is 2.47. The maximum atomic E-state index is 5.51. The Morgan fingerprint density at radius 1 is 1.08 bits per heavy atom. The van der Waals surface area contributed by atoms with Crippen LogP contribution in [0, 0.1) is 0 Å². The zero-order valence-electron chi connectivity index (χ0n) is 14.3. The van der Waals surface area contributed by atoms with Crippen LogP contribution in [0.25, 0.3) is 11.0 Å². The van der Waals surface area contributed by atoms with Gasteiger partial charge in [0.2, 0.25) is 5.75 Å². The average molecular weight is 408 g/mol. The maximum Gasteiger partial charge on any atom is 0.203 e. The van der Waals surface area contributed by atoms with Crippen LogP contribution in [-0.2, 0) is 13.6 Å². The first kappa shape index (κ1) is 17.3. The Morgan fingerprint density at radius 3 is 2.52 bits per heavy atom. The minimum atomic E-state index is 0.483. The Kier molecular flexibility index (Phi) is 4.93. The van der Waals surface area contributed by atoms with Crippen LogP contribution in [0.5, 0.6) is 17.2 Å². The number of nitrogens with one attached hydrogen (secondary N) is 1. The van der Waals surface area contributed by atoms with Gasteiger partial charge < -0.3 is 19.5 Å². The summed E-state index contributed by atoms with van der Waals surface area (Å²) in [7, 11) is 6.60. The molecule has 0 aliphatic carbocycles. The number of aryl methyl sites for hydroxylation is 1. The molecule has 0 spiro atoms. The number of nitrogens with zero attached hydrogens (tertiary/aromatic N) is 4. The summed E-state index contributed by atoms with van der Waals surface area (Å²) >= 11 is 3.45. The van der Waals surface area contributed by atoms with Crippen molar-refractivity contribution in [1.82, 2.24) is 19.7 Å². The number of hydrogen-bond acceptors (Lipinski definition) is 7. The first-order valence-corrected chi connectivity index (χ1v) is 8.24. The quantitative estimate of drug-likeness (QED) is 0.672. The van der Waals surface area contributed by atoms with Crippen molar-refractivity contribution in [2.45, 2.75) is 6.54 Å². The lowest BCUT2D eigenvalue weighted by Gasteiger charge is -2.16. The van der Waals surface area contributed by atoms with Gasteiger partial charge in [0.25, 0.3) is 0 Å². The third-order valence-corrected chi connectivity index (χ3v) is 4.36. The SMILES string of the molecule is COc1ccc(CNc2ncnc3c2c(Br)nn3C)c(OC)c1OC. The Bertz CT molecular complexity index is 912. The standard InChI is InChI=1S/C16H18BrN5O3/c1-22-16-11(14(17)21-22)15(19-8-20-16)18-7-9-5-6-10(23-2)13(25-4)12(9)24-3/h5-6,8H,7H2,1-4H3,(H,18,19,20). The monoisotopic (exact) mass is 407 g/mol. The van der Waals surface area contributed by atoms with Gasteiger partial charge in [-0.05, 0) is 28.1 Å². The fourth-order valence-electron chi connectivity index (χ4n) is 2.66. The number of methoxy groups -OCH3 is 3. The van der Waals surface area contributed by atoms with E-state index in [2.05, 4.69) is 36.3 Å². The number of aromatic nitrogens is 4. The molecular formula is C16H18BrN5O3. The number of benzene rings is 1. The normalized spacial score (nSPS) is 10.8. The van der Waals surface area contributed by atoms with Crippen molar-refractivity contribution < 1.29 is 14.2 Å². The Hall–Kier alpha value is -2.55. The molecule has 25 heavy (non-hydrogen) atoms. The molecule has 3 rings (SSSR count). The van der Waals surface area contributed by atoms with Crippen LogP contribution in [0.15, 0.2) is 23.1 Å². The highest BCUT2D eigenvalue weighted by atomic mass is 79.9. The van der Waals surface area contributed by atoms with Crippen molar-refractivity contribution in [2.75, 3.05) is 26.6 Å². The molecule has 0 saturated carbocycles. The van der Waals surface area contributed by atoms with Crippen molar-refractivity contribution in [3.05, 3.63) is 28.6 Å². The summed E-state index contributed by atoms with van der Waals surface area (Å²) in [6.45, 7) is 0.483. The second-order valence-corrected chi connectivity index (χ2v) is 5.93. The molecule has 2 aromatic heterocycles. The predicted octanol–water partition coefficient (Wildman–Crippen LogP) is 2.76. The number of fused-ring (bicyclic) bond motifs is 1. The topological polar surface area (TPSA) is 83.3 Å².